The van der Waals surface area contributed by atoms with Crippen molar-refractivity contribution in [2.24, 2.45) is 0 Å². The summed E-state index contributed by atoms with van der Waals surface area (Å²) in [5.41, 5.74) is -1.13. The molecule has 2 amide bonds. The highest BCUT2D eigenvalue weighted by atomic mass is 19.4. The van der Waals surface area contributed by atoms with Gasteiger partial charge in [0.05, 0.1) is 30.5 Å². The first-order valence-electron chi connectivity index (χ1n) is 7.22. The fourth-order valence-electron chi connectivity index (χ4n) is 2.32. The summed E-state index contributed by atoms with van der Waals surface area (Å²) in [5, 5.41) is 2.30. The summed E-state index contributed by atoms with van der Waals surface area (Å²) < 4.78 is 44.3. The van der Waals surface area contributed by atoms with E-state index in [-0.39, 0.29) is 11.8 Å². The van der Waals surface area contributed by atoms with E-state index in [1.165, 1.54) is 23.1 Å². The van der Waals surface area contributed by atoms with Gasteiger partial charge in [-0.3, -0.25) is 4.98 Å². The van der Waals surface area contributed by atoms with Gasteiger partial charge in [-0.2, -0.15) is 13.2 Å². The third-order valence-electron chi connectivity index (χ3n) is 3.55. The van der Waals surface area contributed by atoms with Crippen molar-refractivity contribution in [3.8, 4) is 5.75 Å². The van der Waals surface area contributed by atoms with E-state index in [9.17, 15) is 18.0 Å². The molecule has 0 unspecified atom stereocenters. The smallest absolute Gasteiger partial charge is 0.418 e. The van der Waals surface area contributed by atoms with Gasteiger partial charge in [0.15, 0.2) is 0 Å². The molecule has 0 atom stereocenters. The molecule has 1 N–H and O–H groups in total. The van der Waals surface area contributed by atoms with E-state index in [0.717, 1.165) is 6.07 Å². The third kappa shape index (κ3) is 3.58. The highest BCUT2D eigenvalue weighted by molar-refractivity contribution is 5.90. The molecule has 1 saturated heterocycles. The molecule has 0 aliphatic carbocycles. The molecule has 1 aliphatic rings. The maximum absolute atomic E-state index is 12.9. The van der Waals surface area contributed by atoms with Crippen LogP contribution in [0.5, 0.6) is 5.75 Å². The Kier molecular flexibility index (Phi) is 4.28. The van der Waals surface area contributed by atoms with Crippen molar-refractivity contribution in [1.82, 2.24) is 9.88 Å². The van der Waals surface area contributed by atoms with Gasteiger partial charge in [0.25, 0.3) is 0 Å². The number of nitrogens with zero attached hydrogens (tertiary/aromatic N) is 2. The highest BCUT2D eigenvalue weighted by Gasteiger charge is 2.36. The summed E-state index contributed by atoms with van der Waals surface area (Å²) in [4.78, 5) is 17.3. The van der Waals surface area contributed by atoms with Crippen molar-refractivity contribution < 1.29 is 22.7 Å². The molecule has 0 radical (unpaired) electrons. The molecule has 126 valence electrons. The number of hydrogen-bond donors (Lipinski definition) is 1. The van der Waals surface area contributed by atoms with E-state index in [1.807, 2.05) is 0 Å². The van der Waals surface area contributed by atoms with Gasteiger partial charge in [0, 0.05) is 6.20 Å². The molecule has 24 heavy (non-hydrogen) atoms. The number of alkyl halides is 3. The fourth-order valence-corrected chi connectivity index (χ4v) is 2.32. The molecule has 1 aliphatic heterocycles. The van der Waals surface area contributed by atoms with E-state index < -0.39 is 17.8 Å². The van der Waals surface area contributed by atoms with Gasteiger partial charge >= 0.3 is 12.2 Å². The molecule has 2 heterocycles. The number of hydrogen-bond acceptors (Lipinski definition) is 3. The Hall–Kier alpha value is -2.77. The molecule has 0 saturated carbocycles. The molecule has 1 fully saturated rings. The number of halogens is 3. The summed E-state index contributed by atoms with van der Waals surface area (Å²) in [6.07, 6.45) is -1.55. The Morgan fingerprint density at radius 1 is 1.21 bits per heavy atom. The van der Waals surface area contributed by atoms with Gasteiger partial charge in [-0.1, -0.05) is 12.1 Å². The largest absolute Gasteiger partial charge is 0.485 e. The van der Waals surface area contributed by atoms with Crippen LogP contribution in [0.25, 0.3) is 0 Å². The van der Waals surface area contributed by atoms with Gasteiger partial charge < -0.3 is 15.0 Å². The molecule has 1 aromatic carbocycles. The summed E-state index contributed by atoms with van der Waals surface area (Å²) in [6.45, 7) is 0.601. The van der Waals surface area contributed by atoms with Crippen molar-refractivity contribution in [3.05, 3.63) is 54.4 Å². The lowest BCUT2D eigenvalue weighted by Crippen LogP contribution is -2.57. The summed E-state index contributed by atoms with van der Waals surface area (Å²) >= 11 is 0. The number of aromatic nitrogens is 1. The van der Waals surface area contributed by atoms with Crippen molar-refractivity contribution in [3.63, 3.8) is 0 Å². The summed E-state index contributed by atoms with van der Waals surface area (Å²) in [7, 11) is 0. The Balaban J connectivity index is 1.56. The fraction of sp³-hybridized carbons (Fsp3) is 0.250. The van der Waals surface area contributed by atoms with Crippen LogP contribution in [0.3, 0.4) is 0 Å². The second kappa shape index (κ2) is 6.38. The lowest BCUT2D eigenvalue weighted by atomic mass is 10.1. The standard InChI is InChI=1S/C16H14F3N3O2/c17-16(18,19)13-5-1-2-6-14(13)21-15(23)22-9-12(10-22)24-11-4-3-7-20-8-11/h1-8,12H,9-10H2,(H,21,23). The predicted molar refractivity (Wildman–Crippen MR) is 80.7 cm³/mol. The zero-order valence-corrected chi connectivity index (χ0v) is 12.5. The SMILES string of the molecule is O=C(Nc1ccccc1C(F)(F)F)N1CC(Oc2cccnc2)C1. The molecular weight excluding hydrogens is 323 g/mol. The lowest BCUT2D eigenvalue weighted by Gasteiger charge is -2.38. The number of carbonyl (C=O) groups excluding carboxylic acids is 1. The van der Waals surface area contributed by atoms with Crippen molar-refractivity contribution >= 4 is 11.7 Å². The number of amides is 2. The number of nitrogens with one attached hydrogen (secondary N) is 1. The van der Waals surface area contributed by atoms with Crippen molar-refractivity contribution in [2.75, 3.05) is 18.4 Å². The maximum atomic E-state index is 12.9. The number of benzene rings is 1. The second-order valence-corrected chi connectivity index (χ2v) is 5.31. The Bertz CT molecular complexity index is 716. The van der Waals surface area contributed by atoms with Crippen LogP contribution in [-0.4, -0.2) is 35.1 Å². The maximum Gasteiger partial charge on any atom is 0.418 e. The molecule has 0 bridgehead atoms. The predicted octanol–water partition coefficient (Wildman–Crippen LogP) is 3.40. The molecular formula is C16H14F3N3O2. The van der Waals surface area contributed by atoms with E-state index in [2.05, 4.69) is 10.3 Å². The Morgan fingerprint density at radius 2 is 1.96 bits per heavy atom. The quantitative estimate of drug-likeness (QED) is 0.934. The van der Waals surface area contributed by atoms with Crippen LogP contribution in [0, 0.1) is 0 Å². The van der Waals surface area contributed by atoms with Crippen LogP contribution < -0.4 is 10.1 Å². The molecule has 8 heteroatoms. The highest BCUT2D eigenvalue weighted by Crippen LogP contribution is 2.34. The number of likely N-dealkylation sites (tertiary alicyclic amines) is 1. The van der Waals surface area contributed by atoms with Gasteiger partial charge in [-0.05, 0) is 24.3 Å². The van der Waals surface area contributed by atoms with Crippen LogP contribution in [0.1, 0.15) is 5.56 Å². The zero-order chi connectivity index (χ0) is 17.2. The minimum atomic E-state index is -4.52. The lowest BCUT2D eigenvalue weighted by molar-refractivity contribution is -0.136. The topological polar surface area (TPSA) is 54.5 Å². The summed E-state index contributed by atoms with van der Waals surface area (Å²) in [5.74, 6) is 0.588. The molecule has 1 aromatic heterocycles. The van der Waals surface area contributed by atoms with Crippen LogP contribution in [0.4, 0.5) is 23.7 Å². The van der Waals surface area contributed by atoms with Gasteiger partial charge in [-0.25, -0.2) is 4.79 Å². The molecule has 0 spiro atoms. The third-order valence-corrected chi connectivity index (χ3v) is 3.55. The van der Waals surface area contributed by atoms with Crippen LogP contribution >= 0.6 is 0 Å². The minimum absolute atomic E-state index is 0.196. The molecule has 2 aromatic rings. The Labute approximate surface area is 136 Å². The number of ether oxygens (including phenoxy) is 1. The van der Waals surface area contributed by atoms with E-state index in [1.54, 1.807) is 24.5 Å². The van der Waals surface area contributed by atoms with Crippen LogP contribution in [0.2, 0.25) is 0 Å². The first-order valence-corrected chi connectivity index (χ1v) is 7.22. The second-order valence-electron chi connectivity index (χ2n) is 5.31. The van der Waals surface area contributed by atoms with Gasteiger partial charge in [-0.15, -0.1) is 0 Å². The number of anilines is 1. The Morgan fingerprint density at radius 3 is 2.62 bits per heavy atom. The number of urea groups is 1. The average molecular weight is 337 g/mol. The zero-order valence-electron chi connectivity index (χ0n) is 12.5. The van der Waals surface area contributed by atoms with Crippen molar-refractivity contribution in [1.29, 1.82) is 0 Å². The van der Waals surface area contributed by atoms with Gasteiger partial charge in [0.2, 0.25) is 0 Å². The number of rotatable bonds is 3. The minimum Gasteiger partial charge on any atom is -0.485 e. The average Bonchev–Trinajstić information content (AvgIpc) is 2.51. The van der Waals surface area contributed by atoms with Crippen molar-refractivity contribution in [2.45, 2.75) is 12.3 Å². The molecule has 3 rings (SSSR count). The molecule has 5 nitrogen and oxygen atoms in total. The van der Waals surface area contributed by atoms with Crippen LogP contribution in [0.15, 0.2) is 48.8 Å². The van der Waals surface area contributed by atoms with E-state index in [0.29, 0.717) is 18.8 Å². The first-order chi connectivity index (χ1) is 11.4. The number of pyridine rings is 1. The van der Waals surface area contributed by atoms with E-state index >= 15 is 0 Å². The van der Waals surface area contributed by atoms with Gasteiger partial charge in [0.1, 0.15) is 11.9 Å². The normalized spacial score (nSPS) is 14.9. The number of para-hydroxylation sites is 1. The summed E-state index contributed by atoms with van der Waals surface area (Å²) in [6, 6.07) is 7.76. The monoisotopic (exact) mass is 337 g/mol. The van der Waals surface area contributed by atoms with E-state index in [4.69, 9.17) is 4.74 Å². The number of carbonyl (C=O) groups is 1. The first kappa shape index (κ1) is 16.1. The van der Waals surface area contributed by atoms with Crippen LogP contribution in [-0.2, 0) is 6.18 Å².